The van der Waals surface area contributed by atoms with Crippen LogP contribution in [0.5, 0.6) is 0 Å². The molecule has 3 heterocycles. The average molecular weight is 289 g/mol. The number of thiophene rings is 1. The standard InChI is InChI=1S/C13H15N5OS/c1-7-8-6-9(20-11(8)18(2)16-7)10-15-12(17-19-10)13(14)4-3-5-13/h6H,3-5,14H2,1-2H3. The first-order valence-corrected chi connectivity index (χ1v) is 7.45. The van der Waals surface area contributed by atoms with Crippen LogP contribution in [0.2, 0.25) is 0 Å². The van der Waals surface area contributed by atoms with Crippen LogP contribution in [-0.2, 0) is 12.6 Å². The van der Waals surface area contributed by atoms with Crippen molar-refractivity contribution in [3.8, 4) is 10.8 Å². The molecule has 3 aromatic rings. The van der Waals surface area contributed by atoms with E-state index in [-0.39, 0.29) is 5.54 Å². The fraction of sp³-hybridized carbons (Fsp3) is 0.462. The van der Waals surface area contributed by atoms with Gasteiger partial charge in [0.1, 0.15) is 4.83 Å². The van der Waals surface area contributed by atoms with Crippen molar-refractivity contribution in [2.45, 2.75) is 31.7 Å². The van der Waals surface area contributed by atoms with Gasteiger partial charge in [0.15, 0.2) is 5.82 Å². The summed E-state index contributed by atoms with van der Waals surface area (Å²) in [5, 5.41) is 9.59. The number of hydrogen-bond donors (Lipinski definition) is 1. The molecule has 20 heavy (non-hydrogen) atoms. The van der Waals surface area contributed by atoms with Crippen molar-refractivity contribution < 1.29 is 4.52 Å². The number of aryl methyl sites for hydroxylation is 2. The van der Waals surface area contributed by atoms with E-state index in [4.69, 9.17) is 10.3 Å². The summed E-state index contributed by atoms with van der Waals surface area (Å²) in [5.74, 6) is 1.18. The van der Waals surface area contributed by atoms with Crippen molar-refractivity contribution in [2.24, 2.45) is 12.8 Å². The Morgan fingerprint density at radius 3 is 2.90 bits per heavy atom. The molecular weight excluding hydrogens is 274 g/mol. The normalized spacial score (nSPS) is 17.6. The van der Waals surface area contributed by atoms with Crippen molar-refractivity contribution in [2.75, 3.05) is 0 Å². The number of nitrogens with two attached hydrogens (primary N) is 1. The quantitative estimate of drug-likeness (QED) is 0.783. The van der Waals surface area contributed by atoms with E-state index in [0.717, 1.165) is 40.1 Å². The second-order valence-electron chi connectivity index (χ2n) is 5.47. The van der Waals surface area contributed by atoms with Crippen molar-refractivity contribution in [1.82, 2.24) is 19.9 Å². The Kier molecular flexibility index (Phi) is 2.34. The highest BCUT2D eigenvalue weighted by atomic mass is 32.1. The molecule has 104 valence electrons. The highest BCUT2D eigenvalue weighted by molar-refractivity contribution is 7.21. The average Bonchev–Trinajstić information content (AvgIpc) is 3.05. The minimum atomic E-state index is -0.379. The SMILES string of the molecule is Cc1nn(C)c2sc(-c3nc(C4(N)CCC4)no3)cc12. The predicted molar refractivity (Wildman–Crippen MR) is 76.3 cm³/mol. The van der Waals surface area contributed by atoms with Gasteiger partial charge in [0, 0.05) is 12.4 Å². The summed E-state index contributed by atoms with van der Waals surface area (Å²) in [6.07, 6.45) is 3.00. The minimum absolute atomic E-state index is 0.379. The molecule has 0 unspecified atom stereocenters. The molecule has 3 aromatic heterocycles. The second kappa shape index (κ2) is 3.89. The Morgan fingerprint density at radius 2 is 2.25 bits per heavy atom. The van der Waals surface area contributed by atoms with Gasteiger partial charge in [0.25, 0.3) is 5.89 Å². The third-order valence-electron chi connectivity index (χ3n) is 4.02. The highest BCUT2D eigenvalue weighted by Crippen LogP contribution is 2.39. The molecule has 7 heteroatoms. The first-order valence-electron chi connectivity index (χ1n) is 6.63. The second-order valence-corrected chi connectivity index (χ2v) is 6.50. The van der Waals surface area contributed by atoms with Crippen molar-refractivity contribution >= 4 is 21.6 Å². The van der Waals surface area contributed by atoms with Gasteiger partial charge < -0.3 is 10.3 Å². The molecule has 0 atom stereocenters. The summed E-state index contributed by atoms with van der Waals surface area (Å²) in [4.78, 5) is 6.57. The molecule has 1 aliphatic rings. The zero-order valence-electron chi connectivity index (χ0n) is 11.4. The molecule has 0 aromatic carbocycles. The third-order valence-corrected chi connectivity index (χ3v) is 5.21. The van der Waals surface area contributed by atoms with Crippen molar-refractivity contribution in [3.05, 3.63) is 17.6 Å². The minimum Gasteiger partial charge on any atom is -0.333 e. The van der Waals surface area contributed by atoms with Gasteiger partial charge in [-0.15, -0.1) is 11.3 Å². The summed E-state index contributed by atoms with van der Waals surface area (Å²) in [6.45, 7) is 2.00. The number of aromatic nitrogens is 4. The molecule has 1 fully saturated rings. The number of hydrogen-bond acceptors (Lipinski definition) is 6. The van der Waals surface area contributed by atoms with Crippen LogP contribution in [0.1, 0.15) is 30.8 Å². The van der Waals surface area contributed by atoms with Gasteiger partial charge in [0.05, 0.1) is 16.1 Å². The van der Waals surface area contributed by atoms with E-state index < -0.39 is 0 Å². The first kappa shape index (κ1) is 12.0. The summed E-state index contributed by atoms with van der Waals surface area (Å²) in [5.41, 5.74) is 6.86. The van der Waals surface area contributed by atoms with Gasteiger partial charge in [0.2, 0.25) is 0 Å². The Labute approximate surface area is 119 Å². The van der Waals surface area contributed by atoms with E-state index in [1.807, 2.05) is 18.7 Å². The molecule has 0 radical (unpaired) electrons. The van der Waals surface area contributed by atoms with Crippen LogP contribution in [0.15, 0.2) is 10.6 Å². The van der Waals surface area contributed by atoms with Crippen LogP contribution < -0.4 is 5.73 Å². The summed E-state index contributed by atoms with van der Waals surface area (Å²) in [7, 11) is 1.94. The van der Waals surface area contributed by atoms with E-state index in [0.29, 0.717) is 11.7 Å². The molecule has 0 aliphatic heterocycles. The van der Waals surface area contributed by atoms with Crippen LogP contribution >= 0.6 is 11.3 Å². The number of fused-ring (bicyclic) bond motifs is 1. The molecule has 2 N–H and O–H groups in total. The first-order chi connectivity index (χ1) is 9.57. The van der Waals surface area contributed by atoms with Crippen LogP contribution in [-0.4, -0.2) is 19.9 Å². The van der Waals surface area contributed by atoms with Gasteiger partial charge in [-0.05, 0) is 32.3 Å². The van der Waals surface area contributed by atoms with Gasteiger partial charge in [-0.3, -0.25) is 4.68 Å². The lowest BCUT2D eigenvalue weighted by atomic mass is 9.77. The molecule has 4 rings (SSSR count). The molecule has 0 saturated heterocycles. The summed E-state index contributed by atoms with van der Waals surface area (Å²) < 4.78 is 7.27. The third kappa shape index (κ3) is 1.56. The fourth-order valence-corrected chi connectivity index (χ4v) is 3.66. The molecule has 1 aliphatic carbocycles. The van der Waals surface area contributed by atoms with Gasteiger partial charge in [-0.2, -0.15) is 10.1 Å². The number of rotatable bonds is 2. The molecule has 6 nitrogen and oxygen atoms in total. The van der Waals surface area contributed by atoms with Crippen LogP contribution in [0.25, 0.3) is 21.0 Å². The zero-order valence-corrected chi connectivity index (χ0v) is 12.2. The van der Waals surface area contributed by atoms with E-state index >= 15 is 0 Å². The molecule has 0 amide bonds. The predicted octanol–water partition coefficient (Wildman–Crippen LogP) is 2.33. The van der Waals surface area contributed by atoms with Gasteiger partial charge >= 0.3 is 0 Å². The van der Waals surface area contributed by atoms with E-state index in [1.54, 1.807) is 11.3 Å². The Bertz CT molecular complexity index is 760. The maximum absolute atomic E-state index is 6.22. The number of nitrogens with zero attached hydrogens (tertiary/aromatic N) is 4. The van der Waals surface area contributed by atoms with Crippen molar-refractivity contribution in [3.63, 3.8) is 0 Å². The van der Waals surface area contributed by atoms with Crippen molar-refractivity contribution in [1.29, 1.82) is 0 Å². The summed E-state index contributed by atoms with van der Waals surface area (Å²) >= 11 is 1.61. The largest absolute Gasteiger partial charge is 0.333 e. The zero-order chi connectivity index (χ0) is 13.9. The highest BCUT2D eigenvalue weighted by Gasteiger charge is 2.39. The van der Waals surface area contributed by atoms with Gasteiger partial charge in [-0.1, -0.05) is 5.16 Å². The fourth-order valence-electron chi connectivity index (χ4n) is 2.62. The molecule has 0 bridgehead atoms. The lowest BCUT2D eigenvalue weighted by Crippen LogP contribution is -2.44. The topological polar surface area (TPSA) is 82.8 Å². The van der Waals surface area contributed by atoms with E-state index in [9.17, 15) is 0 Å². The van der Waals surface area contributed by atoms with E-state index in [2.05, 4.69) is 21.3 Å². The Hall–Kier alpha value is -1.73. The lowest BCUT2D eigenvalue weighted by molar-refractivity contribution is 0.229. The smallest absolute Gasteiger partial charge is 0.268 e. The maximum atomic E-state index is 6.22. The lowest BCUT2D eigenvalue weighted by Gasteiger charge is -2.34. The molecule has 0 spiro atoms. The van der Waals surface area contributed by atoms with Crippen LogP contribution in [0.4, 0.5) is 0 Å². The molecule has 1 saturated carbocycles. The Balaban J connectivity index is 1.77. The van der Waals surface area contributed by atoms with Crippen LogP contribution in [0, 0.1) is 6.92 Å². The van der Waals surface area contributed by atoms with E-state index in [1.165, 1.54) is 0 Å². The van der Waals surface area contributed by atoms with Gasteiger partial charge in [-0.25, -0.2) is 0 Å². The monoisotopic (exact) mass is 289 g/mol. The Morgan fingerprint density at radius 1 is 1.45 bits per heavy atom. The van der Waals surface area contributed by atoms with Crippen LogP contribution in [0.3, 0.4) is 0 Å². The molecular formula is C13H15N5OS. The summed E-state index contributed by atoms with van der Waals surface area (Å²) in [6, 6.07) is 2.06. The maximum Gasteiger partial charge on any atom is 0.268 e.